The zero-order valence-electron chi connectivity index (χ0n) is 4.82. The summed E-state index contributed by atoms with van der Waals surface area (Å²) in [6.07, 6.45) is 3.29. The first-order chi connectivity index (χ1) is 4.43. The second-order valence-electron chi connectivity index (χ2n) is 1.63. The first-order valence-electron chi connectivity index (χ1n) is 2.59. The summed E-state index contributed by atoms with van der Waals surface area (Å²) in [5, 5.41) is 0. The molecule has 46 valence electrons. The molecule has 0 aliphatic heterocycles. The maximum atomic E-state index is 8.00. The molecule has 2 radical (unpaired) electrons. The monoisotopic (exact) mass is 122 g/mol. The van der Waals surface area contributed by atoms with Crippen LogP contribution in [0.3, 0.4) is 0 Å². The summed E-state index contributed by atoms with van der Waals surface area (Å²) in [6.45, 7) is 0.225. The van der Waals surface area contributed by atoms with Crippen LogP contribution in [0, 0.1) is 0 Å². The van der Waals surface area contributed by atoms with Crippen LogP contribution in [-0.4, -0.2) is 4.98 Å². The van der Waals surface area contributed by atoms with Crippen LogP contribution in [0.25, 0.3) is 0 Å². The average Bonchev–Trinajstić information content (AvgIpc) is 1.91. The third-order valence-electron chi connectivity index (χ3n) is 0.981. The fourth-order valence-corrected chi connectivity index (χ4v) is 0.554. The van der Waals surface area contributed by atoms with Gasteiger partial charge in [0.15, 0.2) is 0 Å². The Morgan fingerprint density at radius 1 is 1.44 bits per heavy atom. The van der Waals surface area contributed by atoms with Gasteiger partial charge in [-0.25, -0.2) is 0 Å². The summed E-state index contributed by atoms with van der Waals surface area (Å²) in [5.41, 5.74) is 0.910. The van der Waals surface area contributed by atoms with E-state index in [2.05, 4.69) is 9.82 Å². The second-order valence-corrected chi connectivity index (χ2v) is 1.63. The van der Waals surface area contributed by atoms with Crippen molar-refractivity contribution in [2.45, 2.75) is 6.61 Å². The number of nitrogens with zero attached hydrogens (tertiary/aromatic N) is 2. The Balaban J connectivity index is 2.61. The van der Waals surface area contributed by atoms with Crippen LogP contribution in [0.5, 0.6) is 0 Å². The van der Waals surface area contributed by atoms with Gasteiger partial charge < -0.3 is 0 Å². The molecule has 1 rings (SSSR count). The van der Waals surface area contributed by atoms with E-state index in [9.17, 15) is 0 Å². The van der Waals surface area contributed by atoms with Gasteiger partial charge in [-0.3, -0.25) is 9.82 Å². The molecule has 0 N–H and O–H groups in total. The van der Waals surface area contributed by atoms with Crippen molar-refractivity contribution in [3.8, 4) is 0 Å². The number of aromatic nitrogens is 1. The van der Waals surface area contributed by atoms with Gasteiger partial charge in [-0.05, 0) is 17.7 Å². The summed E-state index contributed by atoms with van der Waals surface area (Å²) >= 11 is 0. The number of rotatable bonds is 2. The molecule has 0 unspecified atom stereocenters. The van der Waals surface area contributed by atoms with E-state index in [1.54, 1.807) is 24.5 Å². The van der Waals surface area contributed by atoms with Gasteiger partial charge in [-0.15, -0.1) is 0 Å². The van der Waals surface area contributed by atoms with Gasteiger partial charge in [0.25, 0.3) is 0 Å². The van der Waals surface area contributed by atoms with Crippen molar-refractivity contribution in [2.75, 3.05) is 0 Å². The van der Waals surface area contributed by atoms with Gasteiger partial charge in [-0.1, -0.05) is 0 Å². The molecule has 0 atom stereocenters. The molecular weight excluding hydrogens is 116 g/mol. The molecule has 0 fully saturated rings. The first-order valence-corrected chi connectivity index (χ1v) is 2.59. The quantitative estimate of drug-likeness (QED) is 0.538. The summed E-state index contributed by atoms with van der Waals surface area (Å²) < 4.78 is 0. The highest BCUT2D eigenvalue weighted by atomic mass is 16.6. The predicted molar refractivity (Wildman–Crippen MR) is 31.2 cm³/mol. The Kier molecular flexibility index (Phi) is 2.18. The fourth-order valence-electron chi connectivity index (χ4n) is 0.554. The van der Waals surface area contributed by atoms with Crippen molar-refractivity contribution in [1.82, 2.24) is 10.9 Å². The van der Waals surface area contributed by atoms with Gasteiger partial charge in [-0.2, -0.15) is 0 Å². The van der Waals surface area contributed by atoms with Crippen molar-refractivity contribution in [3.63, 3.8) is 0 Å². The standard InChI is InChI=1S/C6H6N2O/c7-9-5-6-1-3-8-4-2-6/h1-4H,5H2. The predicted octanol–water partition coefficient (Wildman–Crippen LogP) is 0.582. The van der Waals surface area contributed by atoms with E-state index in [-0.39, 0.29) is 6.61 Å². The van der Waals surface area contributed by atoms with Crippen molar-refractivity contribution >= 4 is 0 Å². The van der Waals surface area contributed by atoms with Gasteiger partial charge in [0.2, 0.25) is 0 Å². The van der Waals surface area contributed by atoms with Gasteiger partial charge in [0.05, 0.1) is 6.61 Å². The minimum absolute atomic E-state index is 0.225. The molecule has 0 aliphatic carbocycles. The second kappa shape index (κ2) is 3.17. The van der Waals surface area contributed by atoms with E-state index in [0.717, 1.165) is 5.56 Å². The Hall–Kier alpha value is -0.930. The van der Waals surface area contributed by atoms with Crippen LogP contribution in [0.1, 0.15) is 5.56 Å². The number of hydrogen-bond donors (Lipinski definition) is 0. The zero-order chi connectivity index (χ0) is 6.53. The van der Waals surface area contributed by atoms with E-state index in [0.29, 0.717) is 0 Å². The lowest BCUT2D eigenvalue weighted by atomic mass is 10.3. The lowest BCUT2D eigenvalue weighted by Gasteiger charge is -1.92. The van der Waals surface area contributed by atoms with Crippen molar-refractivity contribution in [3.05, 3.63) is 30.1 Å². The smallest absolute Gasteiger partial charge is 0.0971 e. The number of pyridine rings is 1. The summed E-state index contributed by atoms with van der Waals surface area (Å²) in [4.78, 5) is 7.69. The summed E-state index contributed by atoms with van der Waals surface area (Å²) in [7, 11) is 0. The van der Waals surface area contributed by atoms with Crippen molar-refractivity contribution in [2.24, 2.45) is 0 Å². The van der Waals surface area contributed by atoms with E-state index < -0.39 is 0 Å². The maximum Gasteiger partial charge on any atom is 0.0971 e. The highest BCUT2D eigenvalue weighted by molar-refractivity contribution is 5.07. The average molecular weight is 122 g/mol. The fraction of sp³-hybridized carbons (Fsp3) is 0.167. The Morgan fingerprint density at radius 2 is 2.11 bits per heavy atom. The molecule has 3 nitrogen and oxygen atoms in total. The molecule has 0 saturated carbocycles. The van der Waals surface area contributed by atoms with Crippen LogP contribution in [-0.2, 0) is 11.4 Å². The van der Waals surface area contributed by atoms with E-state index in [1.807, 2.05) is 0 Å². The first kappa shape index (κ1) is 6.19. The molecule has 9 heavy (non-hydrogen) atoms. The Morgan fingerprint density at radius 3 is 2.67 bits per heavy atom. The summed E-state index contributed by atoms with van der Waals surface area (Å²) in [6, 6.07) is 3.55. The molecule has 0 bridgehead atoms. The zero-order valence-corrected chi connectivity index (χ0v) is 4.82. The highest BCUT2D eigenvalue weighted by Gasteiger charge is 1.87. The van der Waals surface area contributed by atoms with E-state index in [4.69, 9.17) is 5.90 Å². The normalized spacial score (nSPS) is 9.44. The lowest BCUT2D eigenvalue weighted by molar-refractivity contribution is 0.104. The third kappa shape index (κ3) is 1.79. The molecule has 0 amide bonds. The SMILES string of the molecule is [N]OCc1ccncc1. The molecule has 0 saturated heterocycles. The third-order valence-corrected chi connectivity index (χ3v) is 0.981. The van der Waals surface area contributed by atoms with Gasteiger partial charge in [0.1, 0.15) is 0 Å². The molecule has 0 aliphatic rings. The van der Waals surface area contributed by atoms with E-state index in [1.165, 1.54) is 0 Å². The molecule has 0 aromatic carbocycles. The maximum absolute atomic E-state index is 8.00. The van der Waals surface area contributed by atoms with Crippen molar-refractivity contribution in [1.29, 1.82) is 0 Å². The van der Waals surface area contributed by atoms with Crippen LogP contribution in [0.4, 0.5) is 0 Å². The van der Waals surface area contributed by atoms with Crippen LogP contribution >= 0.6 is 0 Å². The van der Waals surface area contributed by atoms with Crippen molar-refractivity contribution < 1.29 is 4.84 Å². The van der Waals surface area contributed by atoms with Crippen LogP contribution < -0.4 is 5.90 Å². The molecule has 0 spiro atoms. The molecule has 1 heterocycles. The van der Waals surface area contributed by atoms with E-state index >= 15 is 0 Å². The molecule has 1 aromatic heterocycles. The highest BCUT2D eigenvalue weighted by Crippen LogP contribution is 1.95. The largest absolute Gasteiger partial charge is 0.265 e. The molecule has 3 heteroatoms. The molecular formula is C6H6N2O. The minimum atomic E-state index is 0.225. The summed E-state index contributed by atoms with van der Waals surface area (Å²) in [5.74, 6) is 8.00. The lowest BCUT2D eigenvalue weighted by Crippen LogP contribution is -1.87. The van der Waals surface area contributed by atoms with Gasteiger partial charge in [0, 0.05) is 18.3 Å². The number of hydrogen-bond acceptors (Lipinski definition) is 2. The Labute approximate surface area is 53.4 Å². The Bertz CT molecular complexity index is 164. The van der Waals surface area contributed by atoms with Crippen LogP contribution in [0.15, 0.2) is 24.5 Å². The van der Waals surface area contributed by atoms with Gasteiger partial charge >= 0.3 is 0 Å². The minimum Gasteiger partial charge on any atom is -0.265 e. The topological polar surface area (TPSA) is 44.4 Å². The van der Waals surface area contributed by atoms with Crippen LogP contribution in [0.2, 0.25) is 0 Å². The molecule has 1 aromatic rings.